The van der Waals surface area contributed by atoms with Crippen LogP contribution in [0.25, 0.3) is 0 Å². The van der Waals surface area contributed by atoms with E-state index in [0.717, 1.165) is 49.4 Å². The molecule has 1 aliphatic heterocycles. The van der Waals surface area contributed by atoms with Crippen LogP contribution in [-0.2, 0) is 11.8 Å². The smallest absolute Gasteiger partial charge is 0.257 e. The number of rotatable bonds is 3. The fraction of sp³-hybridized carbons (Fsp3) is 0.500. The van der Waals surface area contributed by atoms with Gasteiger partial charge in [-0.3, -0.25) is 4.79 Å². The molecule has 148 valence electrons. The largest absolute Gasteiger partial charge is 0.496 e. The highest BCUT2D eigenvalue weighted by Gasteiger charge is 2.45. The monoisotopic (exact) mass is 380 g/mol. The Hall–Kier alpha value is -2.63. The van der Waals surface area contributed by atoms with Crippen molar-refractivity contribution in [1.29, 1.82) is 0 Å². The highest BCUT2D eigenvalue weighted by atomic mass is 16.5. The molecule has 1 atom stereocenters. The van der Waals surface area contributed by atoms with E-state index in [1.165, 1.54) is 5.56 Å². The lowest BCUT2D eigenvalue weighted by Gasteiger charge is -2.40. The number of likely N-dealkylation sites (tertiary alicyclic amines) is 1. The van der Waals surface area contributed by atoms with E-state index in [-0.39, 0.29) is 11.3 Å². The molecule has 1 aromatic heterocycles. The number of hydrogen-bond donors (Lipinski definition) is 0. The molecule has 0 saturated carbocycles. The van der Waals surface area contributed by atoms with Crippen LogP contribution >= 0.6 is 0 Å². The second-order valence-corrected chi connectivity index (χ2v) is 8.20. The Balaban J connectivity index is 1.66. The molecule has 6 heteroatoms. The fourth-order valence-corrected chi connectivity index (χ4v) is 4.71. The van der Waals surface area contributed by atoms with Crippen LogP contribution in [0.5, 0.6) is 5.75 Å². The van der Waals surface area contributed by atoms with Gasteiger partial charge in [-0.05, 0) is 49.8 Å². The van der Waals surface area contributed by atoms with Crippen molar-refractivity contribution in [3.63, 3.8) is 0 Å². The summed E-state index contributed by atoms with van der Waals surface area (Å²) in [6, 6.07) is 5.76. The van der Waals surface area contributed by atoms with Crippen LogP contribution in [0.3, 0.4) is 0 Å². The first-order valence-corrected chi connectivity index (χ1v) is 9.92. The molecule has 0 N–H and O–H groups in total. The SMILES string of the molecule is COc1c(C)cccc1C(=O)N1CCCC2(CCc3cnc(N(C)C)nc32)C1. The number of hydrogen-bond acceptors (Lipinski definition) is 5. The molecule has 0 bridgehead atoms. The van der Waals surface area contributed by atoms with Crippen LogP contribution in [0, 0.1) is 6.92 Å². The van der Waals surface area contributed by atoms with Crippen molar-refractivity contribution in [3.05, 3.63) is 46.8 Å². The third-order valence-electron chi connectivity index (χ3n) is 6.14. The third-order valence-corrected chi connectivity index (χ3v) is 6.14. The number of fused-ring (bicyclic) bond motifs is 2. The van der Waals surface area contributed by atoms with E-state index in [1.54, 1.807) is 7.11 Å². The number of aryl methyl sites for hydroxylation is 2. The number of benzene rings is 1. The minimum Gasteiger partial charge on any atom is -0.496 e. The molecule has 1 aliphatic carbocycles. The van der Waals surface area contributed by atoms with Gasteiger partial charge in [0.05, 0.1) is 18.4 Å². The lowest BCUT2D eigenvalue weighted by atomic mass is 9.77. The molecule has 2 heterocycles. The van der Waals surface area contributed by atoms with Crippen molar-refractivity contribution in [2.45, 2.75) is 38.0 Å². The summed E-state index contributed by atoms with van der Waals surface area (Å²) in [6.45, 7) is 3.46. The number of para-hydroxylation sites is 1. The van der Waals surface area contributed by atoms with Gasteiger partial charge in [0, 0.05) is 38.8 Å². The van der Waals surface area contributed by atoms with Crippen molar-refractivity contribution in [1.82, 2.24) is 14.9 Å². The van der Waals surface area contributed by atoms with E-state index < -0.39 is 0 Å². The molecular formula is C22H28N4O2. The van der Waals surface area contributed by atoms with E-state index in [4.69, 9.17) is 9.72 Å². The van der Waals surface area contributed by atoms with Crippen molar-refractivity contribution < 1.29 is 9.53 Å². The van der Waals surface area contributed by atoms with Crippen LogP contribution in [0.2, 0.25) is 0 Å². The lowest BCUT2D eigenvalue weighted by molar-refractivity contribution is 0.0630. The minimum absolute atomic E-state index is 0.0509. The minimum atomic E-state index is -0.0615. The van der Waals surface area contributed by atoms with Gasteiger partial charge in [-0.15, -0.1) is 0 Å². The van der Waals surface area contributed by atoms with Crippen molar-refractivity contribution in [3.8, 4) is 5.75 Å². The Bertz CT molecular complexity index is 907. The predicted octanol–water partition coefficient (Wildman–Crippen LogP) is 2.98. The normalized spacial score (nSPS) is 20.9. The number of carbonyl (C=O) groups excluding carboxylic acids is 1. The molecule has 1 unspecified atom stereocenters. The molecular weight excluding hydrogens is 352 g/mol. The summed E-state index contributed by atoms with van der Waals surface area (Å²) in [5, 5.41) is 0. The van der Waals surface area contributed by atoms with Crippen molar-refractivity contribution >= 4 is 11.9 Å². The second-order valence-electron chi connectivity index (χ2n) is 8.20. The van der Waals surface area contributed by atoms with E-state index >= 15 is 0 Å². The Morgan fingerprint density at radius 3 is 2.86 bits per heavy atom. The van der Waals surface area contributed by atoms with Crippen LogP contribution in [0.15, 0.2) is 24.4 Å². The van der Waals surface area contributed by atoms with E-state index in [0.29, 0.717) is 17.9 Å². The number of nitrogens with zero attached hydrogens (tertiary/aromatic N) is 4. The summed E-state index contributed by atoms with van der Waals surface area (Å²) >= 11 is 0. The number of carbonyl (C=O) groups is 1. The molecule has 0 radical (unpaired) electrons. The maximum atomic E-state index is 13.4. The zero-order valence-corrected chi connectivity index (χ0v) is 17.2. The van der Waals surface area contributed by atoms with E-state index in [9.17, 15) is 4.79 Å². The second kappa shape index (κ2) is 7.08. The van der Waals surface area contributed by atoms with Gasteiger partial charge >= 0.3 is 0 Å². The number of aromatic nitrogens is 2. The van der Waals surface area contributed by atoms with Gasteiger partial charge in [0.25, 0.3) is 5.91 Å². The van der Waals surface area contributed by atoms with Gasteiger partial charge in [-0.25, -0.2) is 9.97 Å². The molecule has 6 nitrogen and oxygen atoms in total. The van der Waals surface area contributed by atoms with Crippen molar-refractivity contribution in [2.24, 2.45) is 0 Å². The van der Waals surface area contributed by atoms with Gasteiger partial charge in [0.2, 0.25) is 5.95 Å². The molecule has 2 aliphatic rings. The van der Waals surface area contributed by atoms with Crippen LogP contribution in [0.4, 0.5) is 5.95 Å². The zero-order chi connectivity index (χ0) is 19.9. The molecule has 4 rings (SSSR count). The number of ether oxygens (including phenoxy) is 1. The first kappa shape index (κ1) is 18.7. The predicted molar refractivity (Wildman–Crippen MR) is 109 cm³/mol. The Kier molecular flexibility index (Phi) is 4.73. The Morgan fingerprint density at radius 2 is 2.11 bits per heavy atom. The average Bonchev–Trinajstić information content (AvgIpc) is 3.04. The van der Waals surface area contributed by atoms with Gasteiger partial charge in [0.1, 0.15) is 5.75 Å². The van der Waals surface area contributed by atoms with Gasteiger partial charge < -0.3 is 14.5 Å². The summed E-state index contributed by atoms with van der Waals surface area (Å²) in [5.74, 6) is 1.47. The van der Waals surface area contributed by atoms with Gasteiger partial charge in [-0.1, -0.05) is 12.1 Å². The number of piperidine rings is 1. The lowest BCUT2D eigenvalue weighted by Crippen LogP contribution is -2.48. The summed E-state index contributed by atoms with van der Waals surface area (Å²) < 4.78 is 5.53. The molecule has 1 amide bonds. The van der Waals surface area contributed by atoms with E-state index in [1.807, 2.05) is 55.2 Å². The fourth-order valence-electron chi connectivity index (χ4n) is 4.71. The molecule has 1 spiro atoms. The van der Waals surface area contributed by atoms with Crippen LogP contribution < -0.4 is 9.64 Å². The number of amides is 1. The molecule has 1 saturated heterocycles. The average molecular weight is 380 g/mol. The Labute approximate surface area is 166 Å². The highest BCUT2D eigenvalue weighted by Crippen LogP contribution is 2.44. The molecule has 2 aromatic rings. The maximum Gasteiger partial charge on any atom is 0.257 e. The molecule has 1 aromatic carbocycles. The summed E-state index contributed by atoms with van der Waals surface area (Å²) in [5.41, 5.74) is 3.94. The van der Waals surface area contributed by atoms with Crippen molar-refractivity contribution in [2.75, 3.05) is 39.2 Å². The zero-order valence-electron chi connectivity index (χ0n) is 17.2. The van der Waals surface area contributed by atoms with Crippen LogP contribution in [0.1, 0.15) is 46.4 Å². The van der Waals surface area contributed by atoms with Gasteiger partial charge in [0.15, 0.2) is 0 Å². The van der Waals surface area contributed by atoms with Crippen LogP contribution in [-0.4, -0.2) is 55.1 Å². The summed E-state index contributed by atoms with van der Waals surface area (Å²) in [7, 11) is 5.55. The Morgan fingerprint density at radius 1 is 1.29 bits per heavy atom. The molecule has 1 fully saturated rings. The number of anilines is 1. The maximum absolute atomic E-state index is 13.4. The van der Waals surface area contributed by atoms with E-state index in [2.05, 4.69) is 4.98 Å². The first-order valence-electron chi connectivity index (χ1n) is 9.92. The van der Waals surface area contributed by atoms with Gasteiger partial charge in [-0.2, -0.15) is 0 Å². The topological polar surface area (TPSA) is 58.6 Å². The third kappa shape index (κ3) is 3.01. The first-order chi connectivity index (χ1) is 13.4. The quantitative estimate of drug-likeness (QED) is 0.819. The molecule has 28 heavy (non-hydrogen) atoms. The highest BCUT2D eigenvalue weighted by molar-refractivity contribution is 5.97. The summed E-state index contributed by atoms with van der Waals surface area (Å²) in [6.07, 6.45) is 6.04. The number of methoxy groups -OCH3 is 1. The standard InChI is InChI=1S/C22H28N4O2/c1-15-7-5-8-17(18(15)28-4)20(27)26-12-6-10-22(14-26)11-9-16-13-23-21(25(2)3)24-19(16)22/h5,7-8,13H,6,9-12,14H2,1-4H3. The summed E-state index contributed by atoms with van der Waals surface area (Å²) in [4.78, 5) is 26.7.